The molecule has 4 heteroatoms. The maximum absolute atomic E-state index is 12.5. The van der Waals surface area contributed by atoms with Crippen molar-refractivity contribution in [1.29, 1.82) is 0 Å². The number of esters is 2. The average molecular weight is 691 g/mol. The molecule has 0 aromatic rings. The topological polar surface area (TPSA) is 52.6 Å². The van der Waals surface area contributed by atoms with Gasteiger partial charge in [0.25, 0.3) is 0 Å². The molecule has 0 heterocycles. The van der Waals surface area contributed by atoms with Gasteiger partial charge in [0, 0.05) is 18.8 Å². The zero-order valence-electron chi connectivity index (χ0n) is 33.7. The van der Waals surface area contributed by atoms with E-state index in [0.717, 1.165) is 64.2 Å². The van der Waals surface area contributed by atoms with Crippen molar-refractivity contribution in [2.45, 2.75) is 240 Å². The number of hydrogen-bond donors (Lipinski definition) is 0. The predicted molar refractivity (Wildman–Crippen MR) is 213 cm³/mol. The molecule has 0 radical (unpaired) electrons. The molecule has 0 N–H and O–H groups in total. The highest BCUT2D eigenvalue weighted by Crippen LogP contribution is 2.18. The molecule has 49 heavy (non-hydrogen) atoms. The summed E-state index contributed by atoms with van der Waals surface area (Å²) in [6, 6.07) is 0. The van der Waals surface area contributed by atoms with Crippen LogP contribution in [0.4, 0.5) is 0 Å². The monoisotopic (exact) mass is 691 g/mol. The van der Waals surface area contributed by atoms with Crippen molar-refractivity contribution in [1.82, 2.24) is 0 Å². The zero-order chi connectivity index (χ0) is 35.9. The van der Waals surface area contributed by atoms with E-state index in [1.165, 1.54) is 135 Å². The Morgan fingerprint density at radius 2 is 0.857 bits per heavy atom. The quantitative estimate of drug-likeness (QED) is 0.0366. The van der Waals surface area contributed by atoms with E-state index in [1.807, 2.05) is 0 Å². The summed E-state index contributed by atoms with van der Waals surface area (Å²) in [7, 11) is 0. The Bertz CT molecular complexity index is 717. The molecule has 0 aliphatic heterocycles. The van der Waals surface area contributed by atoms with Crippen LogP contribution in [0.1, 0.15) is 240 Å². The second kappa shape index (κ2) is 39.5. The van der Waals surface area contributed by atoms with Gasteiger partial charge in [0.05, 0.1) is 13.2 Å². The Balaban J connectivity index is 4.07. The molecule has 0 bridgehead atoms. The van der Waals surface area contributed by atoms with Crippen LogP contribution >= 0.6 is 0 Å². The molecule has 290 valence electrons. The highest BCUT2D eigenvalue weighted by atomic mass is 16.5. The lowest BCUT2D eigenvalue weighted by atomic mass is 9.99. The minimum absolute atomic E-state index is 0.0132. The lowest BCUT2D eigenvalue weighted by molar-refractivity contribution is -0.146. The van der Waals surface area contributed by atoms with Crippen molar-refractivity contribution >= 4 is 11.9 Å². The molecular formula is C45H86O4. The molecule has 0 saturated heterocycles. The van der Waals surface area contributed by atoms with E-state index in [-0.39, 0.29) is 11.9 Å². The molecule has 0 rings (SSSR count). The molecule has 2 atom stereocenters. The van der Waals surface area contributed by atoms with Crippen LogP contribution in [-0.2, 0) is 19.1 Å². The van der Waals surface area contributed by atoms with Gasteiger partial charge in [-0.15, -0.1) is 0 Å². The van der Waals surface area contributed by atoms with Crippen LogP contribution in [0.5, 0.6) is 0 Å². The van der Waals surface area contributed by atoms with Gasteiger partial charge in [-0.1, -0.05) is 200 Å². The van der Waals surface area contributed by atoms with Crippen LogP contribution in [0.2, 0.25) is 0 Å². The lowest BCUT2D eigenvalue weighted by Crippen LogP contribution is -2.13. The first-order valence-corrected chi connectivity index (χ1v) is 22.0. The smallest absolute Gasteiger partial charge is 0.305 e. The van der Waals surface area contributed by atoms with Gasteiger partial charge in [0.15, 0.2) is 0 Å². The molecule has 0 saturated carbocycles. The molecule has 2 unspecified atom stereocenters. The maximum Gasteiger partial charge on any atom is 0.305 e. The van der Waals surface area contributed by atoms with Crippen molar-refractivity contribution in [3.63, 3.8) is 0 Å². The number of hydrogen-bond acceptors (Lipinski definition) is 4. The van der Waals surface area contributed by atoms with E-state index >= 15 is 0 Å². The molecule has 0 amide bonds. The van der Waals surface area contributed by atoms with Gasteiger partial charge in [0.2, 0.25) is 0 Å². The SMILES string of the molecule is CCCCCCCCCCCCCCCCCC(=O)OCC(/C=C/CCCCCCC(=O)OCC(CC)CCCC)CCCCCCCC. The number of rotatable bonds is 39. The summed E-state index contributed by atoms with van der Waals surface area (Å²) in [5, 5.41) is 0. The Morgan fingerprint density at radius 3 is 1.33 bits per heavy atom. The minimum Gasteiger partial charge on any atom is -0.465 e. The number of carbonyl (C=O) groups excluding carboxylic acids is 2. The summed E-state index contributed by atoms with van der Waals surface area (Å²) in [6.07, 6.45) is 44.7. The fourth-order valence-corrected chi connectivity index (χ4v) is 6.69. The largest absolute Gasteiger partial charge is 0.465 e. The summed E-state index contributed by atoms with van der Waals surface area (Å²) in [4.78, 5) is 24.6. The van der Waals surface area contributed by atoms with E-state index in [9.17, 15) is 9.59 Å². The summed E-state index contributed by atoms with van der Waals surface area (Å²) in [6.45, 7) is 10.1. The normalized spacial score (nSPS) is 12.8. The van der Waals surface area contributed by atoms with Crippen molar-refractivity contribution in [2.24, 2.45) is 11.8 Å². The van der Waals surface area contributed by atoms with Crippen LogP contribution in [0.25, 0.3) is 0 Å². The summed E-state index contributed by atoms with van der Waals surface area (Å²) >= 11 is 0. The van der Waals surface area contributed by atoms with Crippen LogP contribution in [0.15, 0.2) is 12.2 Å². The number of carbonyl (C=O) groups is 2. The molecule has 0 aromatic carbocycles. The Labute approximate surface area is 307 Å². The third kappa shape index (κ3) is 36.3. The van der Waals surface area contributed by atoms with E-state index in [1.54, 1.807) is 0 Å². The molecule has 4 nitrogen and oxygen atoms in total. The summed E-state index contributed by atoms with van der Waals surface area (Å²) in [5.41, 5.74) is 0. The molecule has 0 aliphatic carbocycles. The van der Waals surface area contributed by atoms with Gasteiger partial charge in [-0.3, -0.25) is 9.59 Å². The molecule has 0 aliphatic rings. The third-order valence-electron chi connectivity index (χ3n) is 10.3. The average Bonchev–Trinajstić information content (AvgIpc) is 3.11. The van der Waals surface area contributed by atoms with E-state index in [0.29, 0.717) is 37.9 Å². The van der Waals surface area contributed by atoms with Crippen molar-refractivity contribution in [3.8, 4) is 0 Å². The first-order valence-electron chi connectivity index (χ1n) is 22.0. The predicted octanol–water partition coefficient (Wildman–Crippen LogP) is 14.8. The highest BCUT2D eigenvalue weighted by molar-refractivity contribution is 5.69. The fraction of sp³-hybridized carbons (Fsp3) is 0.911. The second-order valence-corrected chi connectivity index (χ2v) is 15.2. The van der Waals surface area contributed by atoms with Gasteiger partial charge < -0.3 is 9.47 Å². The number of allylic oxidation sites excluding steroid dienone is 1. The van der Waals surface area contributed by atoms with E-state index < -0.39 is 0 Å². The Hall–Kier alpha value is -1.32. The van der Waals surface area contributed by atoms with Crippen LogP contribution in [0, 0.1) is 11.8 Å². The summed E-state index contributed by atoms with van der Waals surface area (Å²) < 4.78 is 11.3. The number of unbranched alkanes of at least 4 members (excludes halogenated alkanes) is 24. The molecule has 0 fully saturated rings. The van der Waals surface area contributed by atoms with Crippen molar-refractivity contribution in [2.75, 3.05) is 13.2 Å². The summed E-state index contributed by atoms with van der Waals surface area (Å²) in [5.74, 6) is 0.806. The van der Waals surface area contributed by atoms with Crippen molar-refractivity contribution in [3.05, 3.63) is 12.2 Å². The van der Waals surface area contributed by atoms with Crippen LogP contribution in [0.3, 0.4) is 0 Å². The molecular weight excluding hydrogens is 604 g/mol. The van der Waals surface area contributed by atoms with Crippen molar-refractivity contribution < 1.29 is 19.1 Å². The van der Waals surface area contributed by atoms with Gasteiger partial charge in [-0.05, 0) is 44.4 Å². The van der Waals surface area contributed by atoms with E-state index in [4.69, 9.17) is 9.47 Å². The van der Waals surface area contributed by atoms with Gasteiger partial charge >= 0.3 is 11.9 Å². The Kier molecular flexibility index (Phi) is 38.4. The van der Waals surface area contributed by atoms with Crippen LogP contribution < -0.4 is 0 Å². The standard InChI is InChI=1S/C45H86O4/c1-5-9-12-14-16-17-18-19-20-21-22-23-24-29-33-39-45(47)49-41-43(36-31-27-15-13-10-6-2)37-32-28-25-26-30-34-38-44(46)48-40-42(8-4)35-11-7-3/h32,37,42-43H,5-31,33-36,38-41H2,1-4H3/b37-32+. The first kappa shape index (κ1) is 47.7. The maximum atomic E-state index is 12.5. The van der Waals surface area contributed by atoms with Crippen LogP contribution in [-0.4, -0.2) is 25.2 Å². The highest BCUT2D eigenvalue weighted by Gasteiger charge is 2.11. The second-order valence-electron chi connectivity index (χ2n) is 15.2. The van der Waals surface area contributed by atoms with Gasteiger partial charge in [-0.25, -0.2) is 0 Å². The molecule has 0 aromatic heterocycles. The lowest BCUT2D eigenvalue weighted by Gasteiger charge is -2.14. The van der Waals surface area contributed by atoms with Gasteiger partial charge in [-0.2, -0.15) is 0 Å². The fourth-order valence-electron chi connectivity index (χ4n) is 6.69. The van der Waals surface area contributed by atoms with E-state index in [2.05, 4.69) is 39.8 Å². The first-order chi connectivity index (χ1) is 24.1. The Morgan fingerprint density at radius 1 is 0.449 bits per heavy atom. The van der Waals surface area contributed by atoms with Gasteiger partial charge in [0.1, 0.15) is 0 Å². The third-order valence-corrected chi connectivity index (χ3v) is 10.3. The zero-order valence-corrected chi connectivity index (χ0v) is 33.7. The minimum atomic E-state index is -0.0264. The molecule has 0 spiro atoms. The number of ether oxygens (including phenoxy) is 2.